The first-order valence-corrected chi connectivity index (χ1v) is 9.29. The number of pyridine rings is 1. The fourth-order valence-corrected chi connectivity index (χ4v) is 3.29. The van der Waals surface area contributed by atoms with Crippen LogP contribution in [0.4, 0.5) is 0 Å². The minimum atomic E-state index is -0.490. The van der Waals surface area contributed by atoms with E-state index in [9.17, 15) is 9.59 Å². The van der Waals surface area contributed by atoms with Crippen molar-refractivity contribution in [3.05, 3.63) is 98.9 Å². The van der Waals surface area contributed by atoms with Gasteiger partial charge in [0.1, 0.15) is 5.56 Å². The number of nitrogens with one attached hydrogen (secondary N) is 2. The first kappa shape index (κ1) is 18.6. The summed E-state index contributed by atoms with van der Waals surface area (Å²) in [6.45, 7) is 5.89. The van der Waals surface area contributed by atoms with Crippen LogP contribution in [0, 0.1) is 20.8 Å². The van der Waals surface area contributed by atoms with Gasteiger partial charge in [0.2, 0.25) is 0 Å². The van der Waals surface area contributed by atoms with Crippen LogP contribution < -0.4 is 10.9 Å². The molecule has 4 aromatic rings. The van der Waals surface area contributed by atoms with Gasteiger partial charge in [-0.05, 0) is 49.1 Å². The van der Waals surface area contributed by atoms with Gasteiger partial charge in [-0.2, -0.15) is 0 Å². The van der Waals surface area contributed by atoms with Gasteiger partial charge in [0.05, 0.1) is 6.04 Å². The third kappa shape index (κ3) is 3.54. The van der Waals surface area contributed by atoms with Crippen LogP contribution in [0.25, 0.3) is 5.65 Å². The average molecular weight is 387 g/mol. The molecule has 0 radical (unpaired) electrons. The van der Waals surface area contributed by atoms with E-state index in [-0.39, 0.29) is 5.56 Å². The molecule has 3 aromatic heterocycles. The number of benzene rings is 1. The monoisotopic (exact) mass is 387 g/mol. The summed E-state index contributed by atoms with van der Waals surface area (Å²) < 4.78 is 1.28. The van der Waals surface area contributed by atoms with E-state index < -0.39 is 17.5 Å². The van der Waals surface area contributed by atoms with E-state index in [0.717, 1.165) is 22.4 Å². The number of fused-ring (bicyclic) bond motifs is 1. The highest BCUT2D eigenvalue weighted by molar-refractivity contribution is 5.94. The van der Waals surface area contributed by atoms with Gasteiger partial charge in [0, 0.05) is 30.4 Å². The minimum absolute atomic E-state index is 0.0259. The molecule has 0 unspecified atom stereocenters. The summed E-state index contributed by atoms with van der Waals surface area (Å²) in [5, 5.41) is 5.88. The second-order valence-electron chi connectivity index (χ2n) is 7.15. The first-order valence-electron chi connectivity index (χ1n) is 9.29. The molecule has 29 heavy (non-hydrogen) atoms. The summed E-state index contributed by atoms with van der Waals surface area (Å²) in [5.74, 6) is -0.490. The maximum Gasteiger partial charge on any atom is 0.285 e. The van der Waals surface area contributed by atoms with Crippen LogP contribution in [0.3, 0.4) is 0 Å². The van der Waals surface area contributed by atoms with Crippen molar-refractivity contribution in [2.24, 2.45) is 0 Å². The Morgan fingerprint density at radius 1 is 1.07 bits per heavy atom. The Morgan fingerprint density at radius 2 is 1.90 bits per heavy atom. The molecular weight excluding hydrogens is 366 g/mol. The van der Waals surface area contributed by atoms with Crippen molar-refractivity contribution < 1.29 is 4.79 Å². The Balaban J connectivity index is 1.74. The summed E-state index contributed by atoms with van der Waals surface area (Å²) in [6.07, 6.45) is 4.71. The Labute approximate surface area is 167 Å². The predicted molar refractivity (Wildman–Crippen MR) is 110 cm³/mol. The number of aryl methyl sites for hydroxylation is 3. The molecule has 146 valence electrons. The summed E-state index contributed by atoms with van der Waals surface area (Å²) in [4.78, 5) is 34.2. The van der Waals surface area contributed by atoms with Crippen molar-refractivity contribution in [3.63, 3.8) is 0 Å². The van der Waals surface area contributed by atoms with E-state index in [2.05, 4.69) is 20.4 Å². The molecule has 0 spiro atoms. The van der Waals surface area contributed by atoms with Crippen molar-refractivity contribution >= 4 is 11.6 Å². The largest absolute Gasteiger partial charge is 0.341 e. The van der Waals surface area contributed by atoms with Gasteiger partial charge < -0.3 is 5.32 Å². The number of carbonyl (C=O) groups is 1. The Kier molecular flexibility index (Phi) is 4.72. The summed E-state index contributed by atoms with van der Waals surface area (Å²) >= 11 is 0. The van der Waals surface area contributed by atoms with E-state index in [0.29, 0.717) is 5.65 Å². The van der Waals surface area contributed by atoms with Gasteiger partial charge in [-0.1, -0.05) is 24.3 Å². The van der Waals surface area contributed by atoms with Crippen molar-refractivity contribution in [2.45, 2.75) is 26.8 Å². The van der Waals surface area contributed by atoms with Crippen LogP contribution in [0.15, 0.2) is 59.8 Å². The molecule has 0 saturated carbocycles. The summed E-state index contributed by atoms with van der Waals surface area (Å²) in [7, 11) is 0. The summed E-state index contributed by atoms with van der Waals surface area (Å²) in [5.41, 5.74) is 4.83. The maximum absolute atomic E-state index is 13.0. The third-order valence-corrected chi connectivity index (χ3v) is 5.02. The molecule has 0 aliphatic carbocycles. The Morgan fingerprint density at radius 3 is 2.62 bits per heavy atom. The number of hydrogen-bond donors (Lipinski definition) is 2. The molecule has 7 heteroatoms. The van der Waals surface area contributed by atoms with Crippen molar-refractivity contribution in [1.82, 2.24) is 24.9 Å². The van der Waals surface area contributed by atoms with Gasteiger partial charge in [0.25, 0.3) is 11.5 Å². The maximum atomic E-state index is 13.0. The number of aromatic nitrogens is 4. The molecule has 0 saturated heterocycles. The van der Waals surface area contributed by atoms with E-state index in [4.69, 9.17) is 0 Å². The molecule has 3 heterocycles. The second-order valence-corrected chi connectivity index (χ2v) is 7.15. The van der Waals surface area contributed by atoms with E-state index >= 15 is 0 Å². The van der Waals surface area contributed by atoms with Crippen LogP contribution in [0.2, 0.25) is 0 Å². The SMILES string of the molecule is Cc1cc2ncc(C(=O)N[C@@H](c3cccnc3)c3ccc(C)c(C)c3)c(=O)n2[nH]1. The standard InChI is InChI=1S/C22H21N5O2/c1-13-6-7-16(9-14(13)2)20(17-5-4-8-23-11-17)25-21(28)18-12-24-19-10-15(3)26-27(19)22(18)29/h4-12,20,26H,1-3H3,(H,25,28)/t20-/m1/s1. The molecule has 0 fully saturated rings. The predicted octanol–water partition coefficient (Wildman–Crippen LogP) is 2.86. The number of hydrogen-bond acceptors (Lipinski definition) is 4. The molecule has 1 atom stereocenters. The van der Waals surface area contributed by atoms with Gasteiger partial charge in [-0.25, -0.2) is 9.50 Å². The van der Waals surface area contributed by atoms with E-state index in [1.165, 1.54) is 16.3 Å². The number of rotatable bonds is 4. The van der Waals surface area contributed by atoms with Gasteiger partial charge in [-0.3, -0.25) is 19.7 Å². The third-order valence-electron chi connectivity index (χ3n) is 5.02. The number of amides is 1. The summed E-state index contributed by atoms with van der Waals surface area (Å²) in [6, 6.07) is 11.1. The van der Waals surface area contributed by atoms with Crippen LogP contribution in [-0.4, -0.2) is 25.5 Å². The van der Waals surface area contributed by atoms with E-state index in [1.807, 2.05) is 51.1 Å². The molecule has 0 aliphatic rings. The van der Waals surface area contributed by atoms with Crippen molar-refractivity contribution in [2.75, 3.05) is 0 Å². The Bertz CT molecular complexity index is 1260. The van der Waals surface area contributed by atoms with Crippen LogP contribution >= 0.6 is 0 Å². The van der Waals surface area contributed by atoms with Crippen molar-refractivity contribution in [1.29, 1.82) is 0 Å². The smallest absolute Gasteiger partial charge is 0.285 e. The van der Waals surface area contributed by atoms with Gasteiger partial charge in [0.15, 0.2) is 5.65 Å². The minimum Gasteiger partial charge on any atom is -0.341 e. The lowest BCUT2D eigenvalue weighted by atomic mass is 9.96. The highest BCUT2D eigenvalue weighted by Crippen LogP contribution is 2.24. The zero-order valence-electron chi connectivity index (χ0n) is 16.4. The second kappa shape index (κ2) is 7.35. The molecule has 4 rings (SSSR count). The zero-order valence-corrected chi connectivity index (χ0v) is 16.4. The number of carbonyl (C=O) groups excluding carboxylic acids is 1. The quantitative estimate of drug-likeness (QED) is 0.563. The lowest BCUT2D eigenvalue weighted by Crippen LogP contribution is -2.34. The van der Waals surface area contributed by atoms with Gasteiger partial charge in [-0.15, -0.1) is 0 Å². The zero-order chi connectivity index (χ0) is 20.5. The molecule has 1 aromatic carbocycles. The molecule has 7 nitrogen and oxygen atoms in total. The molecule has 2 N–H and O–H groups in total. The fourth-order valence-electron chi connectivity index (χ4n) is 3.29. The number of nitrogens with zero attached hydrogens (tertiary/aromatic N) is 3. The number of H-pyrrole nitrogens is 1. The molecule has 1 amide bonds. The molecular formula is C22H21N5O2. The lowest BCUT2D eigenvalue weighted by Gasteiger charge is -2.20. The highest BCUT2D eigenvalue weighted by atomic mass is 16.2. The normalized spacial score (nSPS) is 12.1. The van der Waals surface area contributed by atoms with E-state index in [1.54, 1.807) is 18.5 Å². The average Bonchev–Trinajstić information content (AvgIpc) is 3.10. The van der Waals surface area contributed by atoms with Crippen LogP contribution in [0.1, 0.15) is 44.3 Å². The number of aromatic amines is 1. The van der Waals surface area contributed by atoms with Crippen LogP contribution in [-0.2, 0) is 0 Å². The molecule has 0 bridgehead atoms. The lowest BCUT2D eigenvalue weighted by molar-refractivity contribution is 0.0940. The fraction of sp³-hybridized carbons (Fsp3) is 0.182. The molecule has 0 aliphatic heterocycles. The van der Waals surface area contributed by atoms with Crippen molar-refractivity contribution in [3.8, 4) is 0 Å². The highest BCUT2D eigenvalue weighted by Gasteiger charge is 2.21. The van der Waals surface area contributed by atoms with Crippen LogP contribution in [0.5, 0.6) is 0 Å². The Hall–Kier alpha value is -3.74. The first-order chi connectivity index (χ1) is 13.9. The van der Waals surface area contributed by atoms with Gasteiger partial charge >= 0.3 is 0 Å². The topological polar surface area (TPSA) is 92.2 Å².